The van der Waals surface area contributed by atoms with E-state index in [1.165, 1.54) is 10.6 Å². The molecule has 0 radical (unpaired) electrons. The van der Waals surface area contributed by atoms with Crippen molar-refractivity contribution in [2.75, 3.05) is 26.6 Å². The van der Waals surface area contributed by atoms with Gasteiger partial charge in [-0.2, -0.15) is 0 Å². The van der Waals surface area contributed by atoms with Crippen LogP contribution in [-0.4, -0.2) is 61.0 Å². The molecule has 12 heteroatoms. The van der Waals surface area contributed by atoms with Crippen LogP contribution in [0.15, 0.2) is 24.3 Å². The molecule has 44 heavy (non-hydrogen) atoms. The van der Waals surface area contributed by atoms with Crippen molar-refractivity contribution in [3.05, 3.63) is 30.0 Å². The van der Waals surface area contributed by atoms with Crippen molar-refractivity contribution in [1.29, 1.82) is 0 Å². The number of esters is 1. The highest BCUT2D eigenvalue weighted by atomic mass is 35.5. The molecule has 8 nitrogen and oxygen atoms in total. The summed E-state index contributed by atoms with van der Waals surface area (Å²) in [5, 5.41) is 0.530. The summed E-state index contributed by atoms with van der Waals surface area (Å²) in [4.78, 5) is 40.9. The Labute approximate surface area is 261 Å². The van der Waals surface area contributed by atoms with Crippen LogP contribution >= 0.6 is 12.4 Å². The highest BCUT2D eigenvalue weighted by molar-refractivity contribution is 6.02. The molecule has 3 fully saturated rings. The molecule has 1 saturated heterocycles. The van der Waals surface area contributed by atoms with Crippen LogP contribution in [0.1, 0.15) is 74.7 Å². The van der Waals surface area contributed by atoms with E-state index in [4.69, 9.17) is 16.2 Å². The van der Waals surface area contributed by atoms with Crippen LogP contribution in [0.4, 0.5) is 18.9 Å². The monoisotopic (exact) mass is 639 g/mol. The number of benzene rings is 1. The lowest BCUT2D eigenvalue weighted by atomic mass is 9.75. The predicted molar refractivity (Wildman–Crippen MR) is 163 cm³/mol. The Kier molecular flexibility index (Phi) is 9.41. The van der Waals surface area contributed by atoms with E-state index in [0.29, 0.717) is 61.2 Å². The predicted octanol–water partition coefficient (Wildman–Crippen LogP) is 5.22. The third-order valence-corrected chi connectivity index (χ3v) is 11.1. The van der Waals surface area contributed by atoms with Crippen LogP contribution < -0.4 is 16.0 Å². The number of aromatic nitrogens is 1. The fraction of sp³-hybridized carbons (Fsp3) is 0.656. The second-order valence-electron chi connectivity index (χ2n) is 13.3. The lowest BCUT2D eigenvalue weighted by Gasteiger charge is -2.42. The minimum absolute atomic E-state index is 0. The number of nitrogens with zero attached hydrogens (tertiary/aromatic N) is 2. The van der Waals surface area contributed by atoms with Gasteiger partial charge in [0.1, 0.15) is 18.1 Å². The summed E-state index contributed by atoms with van der Waals surface area (Å²) < 4.78 is 47.7. The van der Waals surface area contributed by atoms with E-state index in [1.54, 1.807) is 18.2 Å². The number of primary amides is 1. The zero-order valence-electron chi connectivity index (χ0n) is 24.9. The lowest BCUT2D eigenvalue weighted by molar-refractivity contribution is -0.142. The first-order valence-corrected chi connectivity index (χ1v) is 15.8. The van der Waals surface area contributed by atoms with Gasteiger partial charge in [0.2, 0.25) is 5.72 Å². The summed E-state index contributed by atoms with van der Waals surface area (Å²) in [6.45, 7) is -2.64. The van der Waals surface area contributed by atoms with Gasteiger partial charge in [0.15, 0.2) is 19.4 Å². The standard InChI is InChI=1S/C32H41F3N4O4.ClH/c33-16-25(36)20-6-8-21(9-7-20)30(41)39(13-12-24(28(39)29(37)40)19-4-2-1-3-5-19)23-10-11-26-22(14-23)15-27-31(42)43-32(17-34,18-35)38(26)27;/h10-11,14-15,19-21,24-25,28H,1-9,12-13,16-18,36H2,(H-,37,40);1H/p+1/t20?,21?,24-,25+,28-,39?;/m0./s1. The van der Waals surface area contributed by atoms with Crippen molar-refractivity contribution in [3.63, 3.8) is 0 Å². The highest BCUT2D eigenvalue weighted by Crippen LogP contribution is 2.48. The molecule has 0 spiro atoms. The number of alkyl halides is 3. The van der Waals surface area contributed by atoms with Crippen LogP contribution in [0.25, 0.3) is 10.9 Å². The Bertz CT molecular complexity index is 1400. The summed E-state index contributed by atoms with van der Waals surface area (Å²) in [7, 11) is 0. The molecule has 2 saturated carbocycles. The first-order chi connectivity index (χ1) is 20.7. The Morgan fingerprint density at radius 3 is 2.30 bits per heavy atom. The molecule has 4 aliphatic rings. The Hall–Kier alpha value is -2.63. The third kappa shape index (κ3) is 5.03. The molecule has 3 heterocycles. The van der Waals surface area contributed by atoms with E-state index >= 15 is 0 Å². The molecule has 1 aromatic carbocycles. The minimum Gasteiger partial charge on any atom is -0.428 e. The molecule has 2 aliphatic carbocycles. The number of carbonyl (C=O) groups excluding carboxylic acids is 3. The van der Waals surface area contributed by atoms with Gasteiger partial charge in [-0.15, -0.1) is 12.4 Å². The lowest BCUT2D eigenvalue weighted by Crippen LogP contribution is -2.65. The molecule has 2 aromatic rings. The topological polar surface area (TPSA) is 117 Å². The van der Waals surface area contributed by atoms with Gasteiger partial charge < -0.3 is 16.2 Å². The van der Waals surface area contributed by atoms with Crippen molar-refractivity contribution >= 4 is 46.8 Å². The van der Waals surface area contributed by atoms with Crippen LogP contribution in [0.2, 0.25) is 0 Å². The van der Waals surface area contributed by atoms with E-state index in [1.807, 2.05) is 0 Å². The number of hydrogen-bond donors (Lipinski definition) is 2. The SMILES string of the molecule is Cl.NC(=O)[C@@H]1[C@H](C2CCCCC2)CC[N+]1(C(=O)C1CCC([C@H](N)CF)CC1)c1ccc2c(c1)cc1n2C(CF)(CF)OC1=O. The minimum atomic E-state index is -2.06. The number of cyclic esters (lactones) is 1. The van der Waals surface area contributed by atoms with Gasteiger partial charge in [-0.05, 0) is 62.5 Å². The van der Waals surface area contributed by atoms with Crippen LogP contribution in [0.5, 0.6) is 0 Å². The Morgan fingerprint density at radius 2 is 1.68 bits per heavy atom. The second-order valence-corrected chi connectivity index (χ2v) is 13.3. The van der Waals surface area contributed by atoms with Gasteiger partial charge in [0.05, 0.1) is 18.0 Å². The van der Waals surface area contributed by atoms with Crippen LogP contribution in [0.3, 0.4) is 0 Å². The van der Waals surface area contributed by atoms with Gasteiger partial charge in [-0.25, -0.2) is 27.2 Å². The van der Waals surface area contributed by atoms with Gasteiger partial charge in [0, 0.05) is 35.9 Å². The number of quaternary nitrogens is 1. The Balaban J connectivity index is 0.00000384. The maximum Gasteiger partial charge on any atom is 0.357 e. The summed E-state index contributed by atoms with van der Waals surface area (Å²) >= 11 is 0. The van der Waals surface area contributed by atoms with E-state index in [9.17, 15) is 27.6 Å². The first-order valence-electron chi connectivity index (χ1n) is 15.8. The third-order valence-electron chi connectivity index (χ3n) is 11.1. The fourth-order valence-electron chi connectivity index (χ4n) is 8.89. The second kappa shape index (κ2) is 12.6. The van der Waals surface area contributed by atoms with Gasteiger partial charge in [-0.3, -0.25) is 9.36 Å². The molecule has 4 atom stereocenters. The number of likely N-dealkylation sites (tertiary alicyclic amines) is 1. The normalized spacial score (nSPS) is 30.9. The number of hydrogen-bond acceptors (Lipinski definition) is 5. The number of nitrogens with two attached hydrogens (primary N) is 2. The summed E-state index contributed by atoms with van der Waals surface area (Å²) in [6.07, 6.45) is 8.38. The zero-order chi connectivity index (χ0) is 30.5. The fourth-order valence-corrected chi connectivity index (χ4v) is 8.89. The van der Waals surface area contributed by atoms with E-state index in [-0.39, 0.29) is 46.2 Å². The number of amides is 2. The van der Waals surface area contributed by atoms with Crippen molar-refractivity contribution in [2.24, 2.45) is 35.1 Å². The summed E-state index contributed by atoms with van der Waals surface area (Å²) in [5.74, 6) is -1.48. The van der Waals surface area contributed by atoms with Gasteiger partial charge in [-0.1, -0.05) is 19.3 Å². The van der Waals surface area contributed by atoms with Gasteiger partial charge in [0.25, 0.3) is 5.91 Å². The smallest absolute Gasteiger partial charge is 0.357 e. The molecule has 1 aromatic heterocycles. The maximum atomic E-state index is 14.8. The summed E-state index contributed by atoms with van der Waals surface area (Å²) in [5.41, 5.74) is 11.2. The number of rotatable bonds is 8. The molecular weight excluding hydrogens is 597 g/mol. The first kappa shape index (κ1) is 32.8. The largest absolute Gasteiger partial charge is 0.428 e. The van der Waals surface area contributed by atoms with E-state index < -0.39 is 49.7 Å². The number of fused-ring (bicyclic) bond motifs is 3. The quantitative estimate of drug-likeness (QED) is 0.304. The van der Waals surface area contributed by atoms with Crippen molar-refractivity contribution in [3.8, 4) is 0 Å². The molecule has 2 amide bonds. The molecule has 1 unspecified atom stereocenters. The van der Waals surface area contributed by atoms with E-state index in [0.717, 1.165) is 32.1 Å². The average molecular weight is 640 g/mol. The zero-order valence-corrected chi connectivity index (χ0v) is 25.7. The van der Waals surface area contributed by atoms with Gasteiger partial charge >= 0.3 is 11.9 Å². The maximum absolute atomic E-state index is 14.8. The van der Waals surface area contributed by atoms with Crippen molar-refractivity contribution in [2.45, 2.75) is 82.0 Å². The Morgan fingerprint density at radius 1 is 1.00 bits per heavy atom. The molecular formula is C32H43ClF3N4O4+. The van der Waals surface area contributed by atoms with Crippen LogP contribution in [-0.2, 0) is 20.1 Å². The molecule has 0 bridgehead atoms. The molecule has 2 aliphatic heterocycles. The molecule has 242 valence electrons. The number of ether oxygens (including phenoxy) is 1. The van der Waals surface area contributed by atoms with Crippen LogP contribution in [0, 0.1) is 23.7 Å². The molecule has 6 rings (SSSR count). The highest BCUT2D eigenvalue weighted by Gasteiger charge is 2.61. The summed E-state index contributed by atoms with van der Waals surface area (Å²) in [6, 6.07) is 5.40. The number of carbonyl (C=O) groups is 3. The van der Waals surface area contributed by atoms with Crippen molar-refractivity contribution in [1.82, 2.24) is 9.05 Å². The van der Waals surface area contributed by atoms with Crippen molar-refractivity contribution < 1.29 is 32.3 Å². The molecule has 4 N–H and O–H groups in total. The van der Waals surface area contributed by atoms with E-state index in [2.05, 4.69) is 0 Å². The average Bonchev–Trinajstić information content (AvgIpc) is 3.71. The number of halogens is 4.